The Morgan fingerprint density at radius 2 is 1.54 bits per heavy atom. The maximum Gasteiger partial charge on any atom is 0.213 e. The second-order valence-electron chi connectivity index (χ2n) is 4.34. The van der Waals surface area contributed by atoms with Gasteiger partial charge in [0.25, 0.3) is 0 Å². The van der Waals surface area contributed by atoms with Crippen LogP contribution in [0.3, 0.4) is 0 Å². The van der Waals surface area contributed by atoms with E-state index in [-0.39, 0.29) is 0 Å². The summed E-state index contributed by atoms with van der Waals surface area (Å²) in [5.41, 5.74) is 0. The van der Waals surface area contributed by atoms with Gasteiger partial charge in [-0.05, 0) is 18.3 Å². The van der Waals surface area contributed by atoms with Gasteiger partial charge in [-0.1, -0.05) is 42.5 Å². The SMILES string of the molecule is C[SiH](C)c1ccc([Si](C)(C)O)cc1. The Balaban J connectivity index is 2.94. The van der Waals surface area contributed by atoms with Crippen molar-refractivity contribution in [1.29, 1.82) is 0 Å². The first-order valence-electron chi connectivity index (χ1n) is 4.74. The lowest BCUT2D eigenvalue weighted by Gasteiger charge is -2.15. The standard InChI is InChI=1S/C10H18OSi2/c1-12(2)9-5-7-10(8-6-9)13(3,4)11/h5-8,11-12H,1-4H3. The number of rotatable bonds is 2. The van der Waals surface area contributed by atoms with Crippen LogP contribution in [0.5, 0.6) is 0 Å². The van der Waals surface area contributed by atoms with Crippen molar-refractivity contribution < 1.29 is 4.80 Å². The fourth-order valence-electron chi connectivity index (χ4n) is 1.28. The molecule has 0 unspecified atom stereocenters. The summed E-state index contributed by atoms with van der Waals surface area (Å²) < 4.78 is 0. The molecule has 0 amide bonds. The Morgan fingerprint density at radius 3 is 1.85 bits per heavy atom. The quantitative estimate of drug-likeness (QED) is 0.716. The molecule has 0 spiro atoms. The molecule has 1 N–H and O–H groups in total. The van der Waals surface area contributed by atoms with E-state index in [1.165, 1.54) is 5.19 Å². The van der Waals surface area contributed by atoms with E-state index in [2.05, 4.69) is 37.4 Å². The molecule has 1 aromatic rings. The predicted octanol–water partition coefficient (Wildman–Crippen LogP) is 0.785. The third kappa shape index (κ3) is 2.79. The summed E-state index contributed by atoms with van der Waals surface area (Å²) in [6.45, 7) is 8.54. The summed E-state index contributed by atoms with van der Waals surface area (Å²) in [5.74, 6) is 0. The third-order valence-corrected chi connectivity index (χ3v) is 5.75. The summed E-state index contributed by atoms with van der Waals surface area (Å²) in [6.07, 6.45) is 0. The van der Waals surface area contributed by atoms with Gasteiger partial charge in [0.1, 0.15) is 0 Å². The highest BCUT2D eigenvalue weighted by Gasteiger charge is 2.19. The zero-order valence-corrected chi connectivity index (χ0v) is 11.0. The van der Waals surface area contributed by atoms with E-state index in [1.807, 2.05) is 13.1 Å². The second-order valence-corrected chi connectivity index (χ2v) is 11.0. The second kappa shape index (κ2) is 3.78. The van der Waals surface area contributed by atoms with Crippen molar-refractivity contribution >= 4 is 27.5 Å². The van der Waals surface area contributed by atoms with Gasteiger partial charge in [0, 0.05) is 0 Å². The van der Waals surface area contributed by atoms with Gasteiger partial charge in [0.05, 0.1) is 8.80 Å². The van der Waals surface area contributed by atoms with E-state index in [1.54, 1.807) is 0 Å². The topological polar surface area (TPSA) is 20.2 Å². The first kappa shape index (κ1) is 10.7. The monoisotopic (exact) mass is 210 g/mol. The molecule has 0 aromatic heterocycles. The van der Waals surface area contributed by atoms with Crippen LogP contribution >= 0.6 is 0 Å². The van der Waals surface area contributed by atoms with Gasteiger partial charge in [-0.25, -0.2) is 0 Å². The maximum absolute atomic E-state index is 9.87. The molecule has 0 saturated carbocycles. The Labute approximate surface area is 83.2 Å². The Morgan fingerprint density at radius 1 is 1.08 bits per heavy atom. The summed E-state index contributed by atoms with van der Waals surface area (Å²) in [7, 11) is -2.75. The molecule has 0 aliphatic carbocycles. The van der Waals surface area contributed by atoms with Gasteiger partial charge in [-0.3, -0.25) is 0 Å². The molecule has 13 heavy (non-hydrogen) atoms. The van der Waals surface area contributed by atoms with Crippen LogP contribution in [0.25, 0.3) is 0 Å². The summed E-state index contributed by atoms with van der Waals surface area (Å²) in [6, 6.07) is 8.54. The fourth-order valence-corrected chi connectivity index (χ4v) is 3.22. The molecule has 3 heteroatoms. The first-order chi connectivity index (χ1) is 5.91. The predicted molar refractivity (Wildman–Crippen MR) is 64.3 cm³/mol. The van der Waals surface area contributed by atoms with Crippen LogP contribution in [-0.4, -0.2) is 21.9 Å². The lowest BCUT2D eigenvalue weighted by molar-refractivity contribution is 0.568. The number of hydrogen-bond donors (Lipinski definition) is 1. The van der Waals surface area contributed by atoms with Crippen molar-refractivity contribution in [3.8, 4) is 0 Å². The fraction of sp³-hybridized carbons (Fsp3) is 0.400. The lowest BCUT2D eigenvalue weighted by atomic mass is 10.4. The highest BCUT2D eigenvalue weighted by atomic mass is 28.4. The first-order valence-corrected chi connectivity index (χ1v) is 10.6. The molecule has 72 valence electrons. The zero-order valence-electron chi connectivity index (χ0n) is 8.83. The molecule has 0 heterocycles. The Bertz CT molecular complexity index is 272. The van der Waals surface area contributed by atoms with Crippen LogP contribution in [-0.2, 0) is 0 Å². The molecule has 0 saturated heterocycles. The van der Waals surface area contributed by atoms with Crippen molar-refractivity contribution in [3.05, 3.63) is 24.3 Å². The largest absolute Gasteiger partial charge is 0.428 e. The molecule has 1 aromatic carbocycles. The number of benzene rings is 1. The summed E-state index contributed by atoms with van der Waals surface area (Å²) in [4.78, 5) is 9.87. The number of hydrogen-bond acceptors (Lipinski definition) is 1. The van der Waals surface area contributed by atoms with Gasteiger partial charge >= 0.3 is 0 Å². The van der Waals surface area contributed by atoms with Crippen LogP contribution in [0.15, 0.2) is 24.3 Å². The highest BCUT2D eigenvalue weighted by Crippen LogP contribution is 1.97. The average molecular weight is 210 g/mol. The summed E-state index contributed by atoms with van der Waals surface area (Å²) >= 11 is 0. The smallest absolute Gasteiger partial charge is 0.213 e. The minimum absolute atomic E-state index is 0.670. The van der Waals surface area contributed by atoms with Crippen LogP contribution in [0.1, 0.15) is 0 Å². The molecular weight excluding hydrogens is 192 g/mol. The molecule has 0 radical (unpaired) electrons. The van der Waals surface area contributed by atoms with Crippen molar-refractivity contribution in [3.63, 3.8) is 0 Å². The molecule has 0 fully saturated rings. The van der Waals surface area contributed by atoms with E-state index in [0.717, 1.165) is 5.19 Å². The van der Waals surface area contributed by atoms with Gasteiger partial charge in [0.2, 0.25) is 8.32 Å². The van der Waals surface area contributed by atoms with Crippen molar-refractivity contribution in [1.82, 2.24) is 0 Å². The Hall–Kier alpha value is -0.386. The van der Waals surface area contributed by atoms with Crippen LogP contribution in [0.4, 0.5) is 0 Å². The van der Waals surface area contributed by atoms with E-state index in [0.29, 0.717) is 0 Å². The van der Waals surface area contributed by atoms with Gasteiger partial charge in [-0.2, -0.15) is 0 Å². The molecule has 0 aliphatic rings. The average Bonchev–Trinajstić information content (AvgIpc) is 2.03. The van der Waals surface area contributed by atoms with Crippen LogP contribution in [0.2, 0.25) is 26.2 Å². The van der Waals surface area contributed by atoms with Crippen LogP contribution < -0.4 is 10.4 Å². The third-order valence-electron chi connectivity index (χ3n) is 2.28. The van der Waals surface area contributed by atoms with E-state index in [9.17, 15) is 4.80 Å². The molecule has 1 nitrogen and oxygen atoms in total. The Kier molecular flexibility index (Phi) is 3.11. The molecule has 0 bridgehead atoms. The summed E-state index contributed by atoms with van der Waals surface area (Å²) in [5, 5.41) is 2.60. The zero-order chi connectivity index (χ0) is 10.1. The molecular formula is C10H18OSi2. The minimum atomic E-state index is -2.08. The van der Waals surface area contributed by atoms with Gasteiger partial charge in [-0.15, -0.1) is 0 Å². The van der Waals surface area contributed by atoms with E-state index < -0.39 is 17.1 Å². The molecule has 0 atom stereocenters. The highest BCUT2D eigenvalue weighted by molar-refractivity contribution is 6.83. The minimum Gasteiger partial charge on any atom is -0.428 e. The van der Waals surface area contributed by atoms with Crippen molar-refractivity contribution in [2.45, 2.75) is 26.2 Å². The van der Waals surface area contributed by atoms with E-state index >= 15 is 0 Å². The lowest BCUT2D eigenvalue weighted by Crippen LogP contribution is -2.42. The van der Waals surface area contributed by atoms with Crippen LogP contribution in [0, 0.1) is 0 Å². The molecule has 1 rings (SSSR count). The van der Waals surface area contributed by atoms with E-state index in [4.69, 9.17) is 0 Å². The normalized spacial score (nSPS) is 12.2. The van der Waals surface area contributed by atoms with Gasteiger partial charge in [0.15, 0.2) is 0 Å². The maximum atomic E-state index is 9.87. The van der Waals surface area contributed by atoms with Crippen molar-refractivity contribution in [2.75, 3.05) is 0 Å². The molecule has 0 aliphatic heterocycles. The van der Waals surface area contributed by atoms with Gasteiger partial charge < -0.3 is 4.80 Å². The van der Waals surface area contributed by atoms with Crippen molar-refractivity contribution in [2.24, 2.45) is 0 Å².